The molecule has 0 bridgehead atoms. The predicted octanol–water partition coefficient (Wildman–Crippen LogP) is 1.51. The van der Waals surface area contributed by atoms with E-state index in [1.165, 1.54) is 0 Å². The number of carbonyl (C=O) groups is 1. The van der Waals surface area contributed by atoms with Gasteiger partial charge in [-0.05, 0) is 5.41 Å². The molecule has 0 aliphatic carbocycles. The smallest absolute Gasteiger partial charge is 0.234 e. The summed E-state index contributed by atoms with van der Waals surface area (Å²) in [6, 6.07) is 0. The third kappa shape index (κ3) is 2.27. The number of amides is 1. The minimum absolute atomic E-state index is 0. The molecule has 1 heterocycles. The third-order valence-electron chi connectivity index (χ3n) is 2.02. The van der Waals surface area contributed by atoms with Crippen molar-refractivity contribution in [3.8, 4) is 11.8 Å². The van der Waals surface area contributed by atoms with Crippen molar-refractivity contribution in [2.24, 2.45) is 5.41 Å². The topological polar surface area (TPSA) is 20.3 Å². The van der Waals surface area contributed by atoms with E-state index in [1.54, 1.807) is 4.90 Å². The van der Waals surface area contributed by atoms with Crippen molar-refractivity contribution in [3.63, 3.8) is 0 Å². The van der Waals surface area contributed by atoms with Crippen LogP contribution in [-0.4, -0.2) is 24.4 Å². The summed E-state index contributed by atoms with van der Waals surface area (Å²) in [6.45, 7) is 5.08. The summed E-state index contributed by atoms with van der Waals surface area (Å²) in [5, 5.41) is 0. The normalized spacial score (nSPS) is 22.2. The Bertz CT molecular complexity index is 249. The third-order valence-corrected chi connectivity index (χ3v) is 2.02. The minimum atomic E-state index is 0. The Balaban J connectivity index is 0.00000144. The summed E-state index contributed by atoms with van der Waals surface area (Å²) in [5.74, 6) is 6.05. The van der Waals surface area contributed by atoms with Gasteiger partial charge in [-0.3, -0.25) is 4.79 Å². The Labute approximate surface area is 75.4 Å². The van der Waals surface area contributed by atoms with Crippen LogP contribution in [0.1, 0.15) is 28.1 Å². The van der Waals surface area contributed by atoms with Gasteiger partial charge in [0.25, 0.3) is 0 Å². The zero-order valence-electron chi connectivity index (χ0n) is 7.98. The van der Waals surface area contributed by atoms with E-state index >= 15 is 0 Å². The van der Waals surface area contributed by atoms with Gasteiger partial charge in [-0.25, -0.2) is 0 Å². The molecule has 0 aromatic heterocycles. The van der Waals surface area contributed by atoms with Crippen LogP contribution in [0.25, 0.3) is 0 Å². The van der Waals surface area contributed by atoms with E-state index in [9.17, 15) is 4.79 Å². The fourth-order valence-corrected chi connectivity index (χ4v) is 1.36. The van der Waals surface area contributed by atoms with Crippen LogP contribution in [0.2, 0.25) is 0 Å². The van der Waals surface area contributed by atoms with Crippen LogP contribution in [0, 0.1) is 17.3 Å². The van der Waals surface area contributed by atoms with Crippen LogP contribution in [0.5, 0.6) is 0 Å². The highest BCUT2D eigenvalue weighted by molar-refractivity contribution is 5.78. The van der Waals surface area contributed by atoms with Crippen molar-refractivity contribution in [1.29, 1.82) is 0 Å². The molecular weight excluding hydrogens is 150 g/mol. The lowest BCUT2D eigenvalue weighted by Crippen LogP contribution is -2.36. The quantitative estimate of drug-likeness (QED) is 0.501. The number of carbonyl (C=O) groups excluding carboxylic acids is 1. The largest absolute Gasteiger partial charge is 0.344 e. The molecule has 1 aliphatic heterocycles. The maximum Gasteiger partial charge on any atom is 0.234 e. The van der Waals surface area contributed by atoms with E-state index in [2.05, 4.69) is 25.7 Å². The lowest BCUT2D eigenvalue weighted by Gasteiger charge is -2.29. The molecule has 68 valence electrons. The highest BCUT2D eigenvalue weighted by atomic mass is 16.2. The fraction of sp³-hybridized carbons (Fsp3) is 0.700. The molecule has 1 aliphatic rings. The second-order valence-electron chi connectivity index (χ2n) is 4.12. The monoisotopic (exact) mass is 167 g/mol. The first kappa shape index (κ1) is 9.12. The molecule has 0 radical (unpaired) electrons. The standard InChI is InChI=1S/C10H15NO.H2/c1-10(2)7-5-4-6-9(12)11(3)8-10;/h6-8H2,1-3H3;1H. The molecule has 0 saturated heterocycles. The Morgan fingerprint density at radius 1 is 1.50 bits per heavy atom. The summed E-state index contributed by atoms with van der Waals surface area (Å²) in [5.41, 5.74) is 0.137. The van der Waals surface area contributed by atoms with Gasteiger partial charge in [-0.15, -0.1) is 5.92 Å². The average Bonchev–Trinajstić information content (AvgIpc) is 1.95. The van der Waals surface area contributed by atoms with Crippen molar-refractivity contribution in [1.82, 2.24) is 4.90 Å². The number of hydrogen-bond donors (Lipinski definition) is 0. The van der Waals surface area contributed by atoms with Gasteiger partial charge in [-0.2, -0.15) is 0 Å². The first-order chi connectivity index (χ1) is 5.51. The van der Waals surface area contributed by atoms with Crippen LogP contribution >= 0.6 is 0 Å². The zero-order chi connectivity index (χ0) is 9.19. The lowest BCUT2D eigenvalue weighted by atomic mass is 9.88. The highest BCUT2D eigenvalue weighted by Gasteiger charge is 2.22. The molecule has 0 fully saturated rings. The summed E-state index contributed by atoms with van der Waals surface area (Å²) < 4.78 is 0. The van der Waals surface area contributed by atoms with Gasteiger partial charge < -0.3 is 4.90 Å². The van der Waals surface area contributed by atoms with Gasteiger partial charge in [0.15, 0.2) is 0 Å². The van der Waals surface area contributed by atoms with E-state index in [0.717, 1.165) is 13.0 Å². The average molecular weight is 167 g/mol. The number of nitrogens with zero attached hydrogens (tertiary/aromatic N) is 1. The summed E-state index contributed by atoms with van der Waals surface area (Å²) in [6.07, 6.45) is 1.26. The van der Waals surface area contributed by atoms with Crippen LogP contribution in [0.15, 0.2) is 0 Å². The summed E-state index contributed by atoms with van der Waals surface area (Å²) >= 11 is 0. The minimum Gasteiger partial charge on any atom is -0.344 e. The molecule has 0 unspecified atom stereocenters. The molecule has 1 rings (SSSR count). The molecule has 0 saturated carbocycles. The molecule has 2 nitrogen and oxygen atoms in total. The molecule has 0 aromatic carbocycles. The van der Waals surface area contributed by atoms with Gasteiger partial charge in [0.1, 0.15) is 0 Å². The van der Waals surface area contributed by atoms with E-state index in [-0.39, 0.29) is 12.7 Å². The van der Waals surface area contributed by atoms with Gasteiger partial charge >= 0.3 is 0 Å². The maximum absolute atomic E-state index is 11.3. The Morgan fingerprint density at radius 3 is 2.83 bits per heavy atom. The van der Waals surface area contributed by atoms with Gasteiger partial charge in [0, 0.05) is 21.4 Å². The van der Waals surface area contributed by atoms with E-state index in [4.69, 9.17) is 0 Å². The highest BCUT2D eigenvalue weighted by Crippen LogP contribution is 2.21. The van der Waals surface area contributed by atoms with Crippen LogP contribution in [0.4, 0.5) is 0 Å². The Kier molecular flexibility index (Phi) is 2.42. The van der Waals surface area contributed by atoms with Crippen LogP contribution < -0.4 is 0 Å². The first-order valence-electron chi connectivity index (χ1n) is 4.21. The zero-order valence-corrected chi connectivity index (χ0v) is 7.98. The summed E-state index contributed by atoms with van der Waals surface area (Å²) in [7, 11) is 1.84. The predicted molar refractivity (Wildman–Crippen MR) is 50.5 cm³/mol. The van der Waals surface area contributed by atoms with Crippen molar-refractivity contribution in [3.05, 3.63) is 0 Å². The van der Waals surface area contributed by atoms with Crippen LogP contribution in [-0.2, 0) is 4.79 Å². The molecule has 2 heteroatoms. The fourth-order valence-electron chi connectivity index (χ4n) is 1.36. The number of hydrogen-bond acceptors (Lipinski definition) is 1. The van der Waals surface area contributed by atoms with Gasteiger partial charge in [0.05, 0.1) is 6.42 Å². The SMILES string of the molecule is CN1CC(C)(C)CC#CCC1=O.[HH]. The van der Waals surface area contributed by atoms with Gasteiger partial charge in [-0.1, -0.05) is 19.8 Å². The second kappa shape index (κ2) is 3.18. The van der Waals surface area contributed by atoms with E-state index in [0.29, 0.717) is 6.42 Å². The maximum atomic E-state index is 11.3. The molecular formula is C10H17NO. The Hall–Kier alpha value is -0.970. The number of rotatable bonds is 0. The van der Waals surface area contributed by atoms with Crippen molar-refractivity contribution in [2.75, 3.05) is 13.6 Å². The molecule has 0 aromatic rings. The van der Waals surface area contributed by atoms with Crippen molar-refractivity contribution >= 4 is 5.91 Å². The molecule has 12 heavy (non-hydrogen) atoms. The summed E-state index contributed by atoms with van der Waals surface area (Å²) in [4.78, 5) is 13.0. The first-order valence-corrected chi connectivity index (χ1v) is 4.21. The molecule has 0 N–H and O–H groups in total. The van der Waals surface area contributed by atoms with Crippen molar-refractivity contribution in [2.45, 2.75) is 26.7 Å². The molecule has 0 spiro atoms. The molecule has 0 atom stereocenters. The molecule has 1 amide bonds. The second-order valence-corrected chi connectivity index (χ2v) is 4.12. The van der Waals surface area contributed by atoms with Gasteiger partial charge in [0.2, 0.25) is 5.91 Å². The van der Waals surface area contributed by atoms with Crippen LogP contribution in [0.3, 0.4) is 0 Å². The van der Waals surface area contributed by atoms with E-state index in [1.807, 2.05) is 7.05 Å². The van der Waals surface area contributed by atoms with E-state index < -0.39 is 0 Å². The van der Waals surface area contributed by atoms with Crippen molar-refractivity contribution < 1.29 is 6.22 Å². The Morgan fingerprint density at radius 2 is 2.17 bits per heavy atom. The lowest BCUT2D eigenvalue weighted by molar-refractivity contribution is -0.130.